The normalized spacial score (nSPS) is 14.4. The molecule has 0 spiro atoms. The van der Waals surface area contributed by atoms with E-state index < -0.39 is 5.54 Å². The van der Waals surface area contributed by atoms with Gasteiger partial charge in [0.05, 0.1) is 30.6 Å². The van der Waals surface area contributed by atoms with Crippen LogP contribution in [-0.2, 0) is 16.1 Å². The third-order valence-electron chi connectivity index (χ3n) is 2.67. The fourth-order valence-corrected chi connectivity index (χ4v) is 1.17. The van der Waals surface area contributed by atoms with Crippen LogP contribution in [0.1, 0.15) is 20.3 Å². The molecule has 1 amide bonds. The van der Waals surface area contributed by atoms with Gasteiger partial charge in [0, 0.05) is 13.3 Å². The predicted octanol–water partition coefficient (Wildman–Crippen LogP) is 0.595. The molecule has 0 fully saturated rings. The number of methoxy groups -OCH3 is 1. The molecule has 0 radical (unpaired) electrons. The maximum absolute atomic E-state index is 11.8. The van der Waals surface area contributed by atoms with Crippen LogP contribution >= 0.6 is 0 Å². The van der Waals surface area contributed by atoms with Crippen molar-refractivity contribution in [3.8, 4) is 0 Å². The Balaban J connectivity index is 2.57. The summed E-state index contributed by atoms with van der Waals surface area (Å²) >= 11 is 0. The van der Waals surface area contributed by atoms with Gasteiger partial charge < -0.3 is 15.8 Å². The number of amides is 1. The van der Waals surface area contributed by atoms with Gasteiger partial charge in [-0.05, 0) is 13.3 Å². The SMILES string of the molecule is CCC(C)(N)C(=O)Nc1cnn(CCOC)c1. The van der Waals surface area contributed by atoms with Crippen molar-refractivity contribution >= 4 is 11.6 Å². The maximum atomic E-state index is 11.8. The molecule has 17 heavy (non-hydrogen) atoms. The van der Waals surface area contributed by atoms with Crippen LogP contribution in [0.2, 0.25) is 0 Å². The Bertz CT molecular complexity index is 373. The lowest BCUT2D eigenvalue weighted by Gasteiger charge is -2.20. The standard InChI is InChI=1S/C11H20N4O2/c1-4-11(2,12)10(16)14-9-7-13-15(8-9)5-6-17-3/h7-8H,4-6,12H2,1-3H3,(H,14,16). The number of nitrogens with zero attached hydrogens (tertiary/aromatic N) is 2. The molecule has 1 unspecified atom stereocenters. The Morgan fingerprint density at radius 3 is 3.00 bits per heavy atom. The van der Waals surface area contributed by atoms with Crippen molar-refractivity contribution < 1.29 is 9.53 Å². The second-order valence-corrected chi connectivity index (χ2v) is 4.21. The summed E-state index contributed by atoms with van der Waals surface area (Å²) in [4.78, 5) is 11.8. The van der Waals surface area contributed by atoms with Crippen molar-refractivity contribution in [2.24, 2.45) is 5.73 Å². The Morgan fingerprint density at radius 2 is 2.41 bits per heavy atom. The summed E-state index contributed by atoms with van der Waals surface area (Å²) < 4.78 is 6.65. The van der Waals surface area contributed by atoms with E-state index in [1.807, 2.05) is 6.92 Å². The zero-order valence-corrected chi connectivity index (χ0v) is 10.6. The average molecular weight is 240 g/mol. The molecule has 1 heterocycles. The third-order valence-corrected chi connectivity index (χ3v) is 2.67. The molecule has 6 heteroatoms. The second kappa shape index (κ2) is 5.79. The monoisotopic (exact) mass is 240 g/mol. The van der Waals surface area contributed by atoms with E-state index in [1.165, 1.54) is 0 Å². The molecule has 0 saturated heterocycles. The first-order chi connectivity index (χ1) is 7.99. The highest BCUT2D eigenvalue weighted by Gasteiger charge is 2.26. The summed E-state index contributed by atoms with van der Waals surface area (Å²) in [6.45, 7) is 4.82. The molecule has 0 saturated carbocycles. The smallest absolute Gasteiger partial charge is 0.244 e. The van der Waals surface area contributed by atoms with Gasteiger partial charge in [0.15, 0.2) is 0 Å². The summed E-state index contributed by atoms with van der Waals surface area (Å²) in [7, 11) is 1.63. The highest BCUT2D eigenvalue weighted by molar-refractivity contribution is 5.97. The third kappa shape index (κ3) is 3.83. The minimum atomic E-state index is -0.853. The molecule has 3 N–H and O–H groups in total. The zero-order valence-electron chi connectivity index (χ0n) is 10.6. The van der Waals surface area contributed by atoms with E-state index in [2.05, 4.69) is 10.4 Å². The van der Waals surface area contributed by atoms with Crippen LogP contribution in [0.3, 0.4) is 0 Å². The summed E-state index contributed by atoms with van der Waals surface area (Å²) in [5.41, 5.74) is 5.63. The highest BCUT2D eigenvalue weighted by Crippen LogP contribution is 2.11. The van der Waals surface area contributed by atoms with Crippen LogP contribution in [-0.4, -0.2) is 34.9 Å². The second-order valence-electron chi connectivity index (χ2n) is 4.21. The van der Waals surface area contributed by atoms with E-state index >= 15 is 0 Å². The number of carbonyl (C=O) groups excluding carboxylic acids is 1. The van der Waals surface area contributed by atoms with Crippen LogP contribution in [0.5, 0.6) is 0 Å². The minimum Gasteiger partial charge on any atom is -0.383 e. The van der Waals surface area contributed by atoms with Crippen molar-refractivity contribution in [2.45, 2.75) is 32.4 Å². The number of nitrogens with two attached hydrogens (primary N) is 1. The average Bonchev–Trinajstić information content (AvgIpc) is 2.74. The van der Waals surface area contributed by atoms with Gasteiger partial charge in [-0.1, -0.05) is 6.92 Å². The first kappa shape index (κ1) is 13.7. The first-order valence-electron chi connectivity index (χ1n) is 5.61. The van der Waals surface area contributed by atoms with Crippen LogP contribution in [0, 0.1) is 0 Å². The van der Waals surface area contributed by atoms with E-state index in [4.69, 9.17) is 10.5 Å². The molecule has 0 aliphatic heterocycles. The van der Waals surface area contributed by atoms with Crippen LogP contribution in [0.15, 0.2) is 12.4 Å². The van der Waals surface area contributed by atoms with Crippen molar-refractivity contribution in [1.82, 2.24) is 9.78 Å². The number of ether oxygens (including phenoxy) is 1. The van der Waals surface area contributed by atoms with Gasteiger partial charge in [-0.25, -0.2) is 0 Å². The van der Waals surface area contributed by atoms with Crippen molar-refractivity contribution in [1.29, 1.82) is 0 Å². The molecule has 1 aromatic rings. The number of aromatic nitrogens is 2. The van der Waals surface area contributed by atoms with E-state index in [0.29, 0.717) is 25.3 Å². The van der Waals surface area contributed by atoms with Crippen molar-refractivity contribution in [2.75, 3.05) is 19.0 Å². The molecule has 0 bridgehead atoms. The predicted molar refractivity (Wildman–Crippen MR) is 65.6 cm³/mol. The van der Waals surface area contributed by atoms with Gasteiger partial charge in [-0.3, -0.25) is 9.48 Å². The highest BCUT2D eigenvalue weighted by atomic mass is 16.5. The van der Waals surface area contributed by atoms with E-state index in [-0.39, 0.29) is 5.91 Å². The van der Waals surface area contributed by atoms with Crippen molar-refractivity contribution in [3.63, 3.8) is 0 Å². The molecule has 0 aliphatic rings. The molecule has 1 atom stereocenters. The Morgan fingerprint density at radius 1 is 1.71 bits per heavy atom. The topological polar surface area (TPSA) is 82.2 Å². The number of carbonyl (C=O) groups is 1. The van der Waals surface area contributed by atoms with Gasteiger partial charge in [-0.2, -0.15) is 5.10 Å². The quantitative estimate of drug-likeness (QED) is 0.762. The fourth-order valence-electron chi connectivity index (χ4n) is 1.17. The molecule has 0 aromatic carbocycles. The lowest BCUT2D eigenvalue weighted by Crippen LogP contribution is -2.47. The summed E-state index contributed by atoms with van der Waals surface area (Å²) in [5.74, 6) is -0.203. The summed E-state index contributed by atoms with van der Waals surface area (Å²) in [6, 6.07) is 0. The largest absolute Gasteiger partial charge is 0.383 e. The molecular weight excluding hydrogens is 220 g/mol. The van der Waals surface area contributed by atoms with Gasteiger partial charge in [-0.15, -0.1) is 0 Å². The van der Waals surface area contributed by atoms with Gasteiger partial charge in [0.2, 0.25) is 5.91 Å². The fraction of sp³-hybridized carbons (Fsp3) is 0.636. The van der Waals surface area contributed by atoms with Gasteiger partial charge >= 0.3 is 0 Å². The molecule has 96 valence electrons. The first-order valence-corrected chi connectivity index (χ1v) is 5.61. The number of nitrogens with one attached hydrogen (secondary N) is 1. The minimum absolute atomic E-state index is 0.203. The number of hydrogen-bond donors (Lipinski definition) is 2. The van der Waals surface area contributed by atoms with E-state index in [0.717, 1.165) is 0 Å². The molecule has 1 aromatic heterocycles. The lowest BCUT2D eigenvalue weighted by atomic mass is 10.00. The number of rotatable bonds is 6. The molecule has 1 rings (SSSR count). The van der Waals surface area contributed by atoms with E-state index in [9.17, 15) is 4.79 Å². The van der Waals surface area contributed by atoms with Crippen LogP contribution < -0.4 is 11.1 Å². The Labute approximate surface area is 101 Å². The Kier molecular flexibility index (Phi) is 4.65. The molecule has 6 nitrogen and oxygen atoms in total. The van der Waals surface area contributed by atoms with Crippen LogP contribution in [0.25, 0.3) is 0 Å². The summed E-state index contributed by atoms with van der Waals surface area (Å²) in [5, 5.41) is 6.84. The molecular formula is C11H20N4O2. The zero-order chi connectivity index (χ0) is 12.9. The number of hydrogen-bond acceptors (Lipinski definition) is 4. The lowest BCUT2D eigenvalue weighted by molar-refractivity contribution is -0.120. The van der Waals surface area contributed by atoms with E-state index in [1.54, 1.807) is 31.1 Å². The molecule has 0 aliphatic carbocycles. The maximum Gasteiger partial charge on any atom is 0.244 e. The van der Waals surface area contributed by atoms with Gasteiger partial charge in [0.25, 0.3) is 0 Å². The number of anilines is 1. The van der Waals surface area contributed by atoms with Crippen LogP contribution in [0.4, 0.5) is 5.69 Å². The summed E-state index contributed by atoms with van der Waals surface area (Å²) in [6.07, 6.45) is 3.93. The Hall–Kier alpha value is -1.40. The van der Waals surface area contributed by atoms with Crippen molar-refractivity contribution in [3.05, 3.63) is 12.4 Å². The van der Waals surface area contributed by atoms with Gasteiger partial charge in [0.1, 0.15) is 0 Å².